The molecular formula is C13H14N2O4S. The van der Waals surface area contributed by atoms with Crippen molar-refractivity contribution >= 4 is 23.6 Å². The van der Waals surface area contributed by atoms with E-state index in [1.807, 2.05) is 6.07 Å². The molecule has 1 unspecified atom stereocenters. The third-order valence-electron chi connectivity index (χ3n) is 2.39. The average molecular weight is 294 g/mol. The highest BCUT2D eigenvalue weighted by atomic mass is 32.2. The number of hydrogen-bond acceptors (Lipinski definition) is 5. The maximum absolute atomic E-state index is 11.0. The molecule has 0 aliphatic heterocycles. The van der Waals surface area contributed by atoms with Crippen molar-refractivity contribution in [3.63, 3.8) is 0 Å². The van der Waals surface area contributed by atoms with Gasteiger partial charge in [-0.15, -0.1) is 11.8 Å². The smallest absolute Gasteiger partial charge is 0.327 e. The van der Waals surface area contributed by atoms with Gasteiger partial charge < -0.3 is 15.2 Å². The van der Waals surface area contributed by atoms with Gasteiger partial charge in [0.15, 0.2) is 0 Å². The summed E-state index contributed by atoms with van der Waals surface area (Å²) in [5, 5.41) is 20.4. The topological polar surface area (TPSA) is 99.4 Å². The molecule has 1 rings (SSSR count). The van der Waals surface area contributed by atoms with Gasteiger partial charge in [-0.2, -0.15) is 5.26 Å². The molecule has 0 aliphatic carbocycles. The van der Waals surface area contributed by atoms with E-state index in [-0.39, 0.29) is 5.75 Å². The second-order valence-corrected chi connectivity index (χ2v) is 4.94. The summed E-state index contributed by atoms with van der Waals surface area (Å²) in [6.07, 6.45) is 0. The molecule has 0 fully saturated rings. The molecule has 106 valence electrons. The van der Waals surface area contributed by atoms with Crippen LogP contribution in [0.4, 0.5) is 0 Å². The molecule has 0 aliphatic rings. The summed E-state index contributed by atoms with van der Waals surface area (Å²) in [7, 11) is 1.51. The summed E-state index contributed by atoms with van der Waals surface area (Å²) in [6, 6.07) is 5.95. The zero-order valence-electron chi connectivity index (χ0n) is 11.0. The van der Waals surface area contributed by atoms with Gasteiger partial charge in [-0.05, 0) is 18.2 Å². The normalized spacial score (nSPS) is 11.2. The van der Waals surface area contributed by atoms with Gasteiger partial charge in [-0.1, -0.05) is 0 Å². The molecule has 0 aromatic heterocycles. The third kappa shape index (κ3) is 4.48. The molecule has 1 aromatic carbocycles. The van der Waals surface area contributed by atoms with Crippen molar-refractivity contribution in [3.8, 4) is 11.8 Å². The van der Waals surface area contributed by atoms with Crippen molar-refractivity contribution in [1.82, 2.24) is 5.32 Å². The van der Waals surface area contributed by atoms with E-state index in [2.05, 4.69) is 5.32 Å². The van der Waals surface area contributed by atoms with Crippen molar-refractivity contribution in [2.24, 2.45) is 0 Å². The Morgan fingerprint density at radius 1 is 1.55 bits per heavy atom. The molecular weight excluding hydrogens is 280 g/mol. The lowest BCUT2D eigenvalue weighted by molar-refractivity contribution is -0.140. The number of nitrogens with one attached hydrogen (secondary N) is 1. The minimum absolute atomic E-state index is 0.122. The van der Waals surface area contributed by atoms with Gasteiger partial charge in [-0.3, -0.25) is 4.79 Å². The Hall–Kier alpha value is -2.20. The monoisotopic (exact) mass is 294 g/mol. The molecule has 1 aromatic rings. The number of carboxylic acid groups (broad SMARTS) is 1. The van der Waals surface area contributed by atoms with Crippen molar-refractivity contribution < 1.29 is 19.4 Å². The fraction of sp³-hybridized carbons (Fsp3) is 0.308. The van der Waals surface area contributed by atoms with E-state index in [9.17, 15) is 9.59 Å². The first-order valence-electron chi connectivity index (χ1n) is 5.68. The van der Waals surface area contributed by atoms with Gasteiger partial charge in [0.1, 0.15) is 17.9 Å². The van der Waals surface area contributed by atoms with Gasteiger partial charge >= 0.3 is 5.97 Å². The maximum atomic E-state index is 11.0. The van der Waals surface area contributed by atoms with Crippen LogP contribution in [-0.2, 0) is 9.59 Å². The molecule has 1 amide bonds. The highest BCUT2D eigenvalue weighted by Crippen LogP contribution is 2.27. The average Bonchev–Trinajstić information content (AvgIpc) is 2.42. The number of methoxy groups -OCH3 is 1. The van der Waals surface area contributed by atoms with E-state index in [1.165, 1.54) is 25.8 Å². The van der Waals surface area contributed by atoms with Crippen LogP contribution in [-0.4, -0.2) is 35.9 Å². The highest BCUT2D eigenvalue weighted by Gasteiger charge is 2.19. The summed E-state index contributed by atoms with van der Waals surface area (Å²) in [5.74, 6) is -0.826. The molecule has 6 nitrogen and oxygen atoms in total. The van der Waals surface area contributed by atoms with Crippen LogP contribution >= 0.6 is 11.8 Å². The largest absolute Gasteiger partial charge is 0.497 e. The van der Waals surface area contributed by atoms with Crippen LogP contribution in [0.2, 0.25) is 0 Å². The number of rotatable bonds is 6. The number of carbonyl (C=O) groups excluding carboxylic acids is 1. The van der Waals surface area contributed by atoms with E-state index in [0.29, 0.717) is 16.2 Å². The van der Waals surface area contributed by atoms with Gasteiger partial charge in [-0.25, -0.2) is 4.79 Å². The summed E-state index contributed by atoms with van der Waals surface area (Å²) >= 11 is 1.18. The lowest BCUT2D eigenvalue weighted by atomic mass is 10.2. The predicted molar refractivity (Wildman–Crippen MR) is 73.7 cm³/mol. The van der Waals surface area contributed by atoms with Crippen molar-refractivity contribution in [1.29, 1.82) is 5.26 Å². The van der Waals surface area contributed by atoms with Crippen molar-refractivity contribution in [2.45, 2.75) is 17.9 Å². The van der Waals surface area contributed by atoms with Gasteiger partial charge in [0, 0.05) is 17.6 Å². The number of ether oxygens (including phenoxy) is 1. The molecule has 0 saturated carbocycles. The molecule has 7 heteroatoms. The van der Waals surface area contributed by atoms with E-state index in [4.69, 9.17) is 15.1 Å². The maximum Gasteiger partial charge on any atom is 0.327 e. The van der Waals surface area contributed by atoms with Crippen LogP contribution in [0.3, 0.4) is 0 Å². The number of aliphatic carboxylic acids is 1. The molecule has 0 radical (unpaired) electrons. The summed E-state index contributed by atoms with van der Waals surface area (Å²) in [6.45, 7) is 1.26. The second-order valence-electron chi connectivity index (χ2n) is 3.88. The highest BCUT2D eigenvalue weighted by molar-refractivity contribution is 7.99. The number of thioether (sulfide) groups is 1. The summed E-state index contributed by atoms with van der Waals surface area (Å²) < 4.78 is 5.06. The van der Waals surface area contributed by atoms with Crippen molar-refractivity contribution in [3.05, 3.63) is 23.8 Å². The third-order valence-corrected chi connectivity index (χ3v) is 3.54. The Bertz CT molecular complexity index is 554. The molecule has 0 spiro atoms. The van der Waals surface area contributed by atoms with Crippen molar-refractivity contribution in [2.75, 3.05) is 12.9 Å². The van der Waals surface area contributed by atoms with Crippen LogP contribution in [0.5, 0.6) is 5.75 Å². The first-order valence-corrected chi connectivity index (χ1v) is 6.67. The second kappa shape index (κ2) is 7.40. The van der Waals surface area contributed by atoms with Crippen LogP contribution in [0.15, 0.2) is 23.1 Å². The molecule has 20 heavy (non-hydrogen) atoms. The van der Waals surface area contributed by atoms with E-state index >= 15 is 0 Å². The Morgan fingerprint density at radius 2 is 2.25 bits per heavy atom. The Balaban J connectivity index is 2.84. The Morgan fingerprint density at radius 3 is 2.75 bits per heavy atom. The van der Waals surface area contributed by atoms with E-state index < -0.39 is 17.9 Å². The minimum Gasteiger partial charge on any atom is -0.497 e. The van der Waals surface area contributed by atoms with Gasteiger partial charge in [0.2, 0.25) is 5.91 Å². The number of amides is 1. The first kappa shape index (κ1) is 15.9. The number of hydrogen-bond donors (Lipinski definition) is 2. The molecule has 2 N–H and O–H groups in total. The molecule has 0 heterocycles. The number of carbonyl (C=O) groups is 2. The Kier molecular flexibility index (Phi) is 5.87. The first-order chi connectivity index (χ1) is 9.47. The molecule has 0 saturated heterocycles. The van der Waals surface area contributed by atoms with Crippen LogP contribution in [0.25, 0.3) is 0 Å². The number of nitrogens with zero attached hydrogens (tertiary/aromatic N) is 1. The minimum atomic E-state index is -1.12. The Labute approximate surface area is 120 Å². The summed E-state index contributed by atoms with van der Waals surface area (Å²) in [4.78, 5) is 22.6. The standard InChI is InChI=1S/C13H14N2O4S/c1-8(16)15-11(13(17)18)7-20-12-5-10(19-2)4-3-9(12)6-14/h3-5,11H,7H2,1-2H3,(H,15,16)(H,17,18). The van der Waals surface area contributed by atoms with Gasteiger partial charge in [0.05, 0.1) is 12.7 Å². The quantitative estimate of drug-likeness (QED) is 0.766. The van der Waals surface area contributed by atoms with E-state index in [1.54, 1.807) is 18.2 Å². The van der Waals surface area contributed by atoms with Crippen LogP contribution in [0.1, 0.15) is 12.5 Å². The molecule has 0 bridgehead atoms. The molecule has 1 atom stereocenters. The lowest BCUT2D eigenvalue weighted by Gasteiger charge is -2.13. The number of nitriles is 1. The zero-order chi connectivity index (χ0) is 15.1. The lowest BCUT2D eigenvalue weighted by Crippen LogP contribution is -2.41. The fourth-order valence-corrected chi connectivity index (χ4v) is 2.48. The van der Waals surface area contributed by atoms with Crippen LogP contribution in [0, 0.1) is 11.3 Å². The van der Waals surface area contributed by atoms with E-state index in [0.717, 1.165) is 0 Å². The zero-order valence-corrected chi connectivity index (χ0v) is 11.9. The SMILES string of the molecule is COc1ccc(C#N)c(SCC(NC(C)=O)C(=O)O)c1. The predicted octanol–water partition coefficient (Wildman–Crippen LogP) is 1.25. The van der Waals surface area contributed by atoms with Crippen LogP contribution < -0.4 is 10.1 Å². The van der Waals surface area contributed by atoms with Gasteiger partial charge in [0.25, 0.3) is 0 Å². The summed E-state index contributed by atoms with van der Waals surface area (Å²) in [5.41, 5.74) is 0.433. The fourth-order valence-electron chi connectivity index (χ4n) is 1.43. The number of benzene rings is 1. The number of carboxylic acids is 1.